The first-order valence-corrected chi connectivity index (χ1v) is 34.0. The number of rotatable bonds is 21. The second kappa shape index (κ2) is 30.0. The van der Waals surface area contributed by atoms with Crippen molar-refractivity contribution in [2.45, 2.75) is 232 Å². The summed E-state index contributed by atoms with van der Waals surface area (Å²) in [6.45, 7) is 31.9. The Kier molecular flexibility index (Phi) is 22.7. The van der Waals surface area contributed by atoms with Crippen molar-refractivity contribution < 1.29 is 0 Å². The van der Waals surface area contributed by atoms with E-state index in [4.69, 9.17) is 9.97 Å². The van der Waals surface area contributed by atoms with Crippen molar-refractivity contribution in [2.24, 2.45) is 5.41 Å². The summed E-state index contributed by atoms with van der Waals surface area (Å²) in [5, 5.41) is 0. The first-order valence-electron chi connectivity index (χ1n) is 32.4. The minimum Gasteiger partial charge on any atom is -0.355 e. The average Bonchev–Trinajstić information content (AvgIpc) is 4.47. The second-order valence-electron chi connectivity index (χ2n) is 23.8. The van der Waals surface area contributed by atoms with Crippen LogP contribution in [0.1, 0.15) is 265 Å². The Morgan fingerprint density at radius 2 is 1.00 bits per heavy atom. The number of allylic oxidation sites excluding steroid dienone is 10. The summed E-state index contributed by atoms with van der Waals surface area (Å²) in [5.41, 5.74) is 27.1. The van der Waals surface area contributed by atoms with E-state index in [9.17, 15) is 0 Å². The Morgan fingerprint density at radius 1 is 0.548 bits per heavy atom. The molecule has 0 unspecified atom stereocenters. The Hall–Kier alpha value is -6.54. The van der Waals surface area contributed by atoms with Gasteiger partial charge in [0.1, 0.15) is 0 Å². The van der Waals surface area contributed by atoms with E-state index >= 15 is 0 Å². The SMILES string of the molecule is CCCCCCc1cc(C#CC#C/C=C(C)/C=C/C2=C(C)CCCC2(C)C)sc1-c1sc(C#CC#Cc2c3nc(cc4[nH]c(cc5[nH]c(cc6nc2C(CC)=C6CC)c(CC)c5CC)c(CC)c4CC)C(CC)=C3CC)cc1CCCCCC. The average molecular weight is 1150 g/mol. The monoisotopic (exact) mass is 1150 g/mol. The van der Waals surface area contributed by atoms with Crippen molar-refractivity contribution in [1.29, 1.82) is 0 Å². The van der Waals surface area contributed by atoms with Crippen LogP contribution in [-0.2, 0) is 38.5 Å². The standard InChI is InChI=1S/C78H94N4S2/c1-15-25-27-31-39-54-47-56(41-33-29-30-37-52(11)44-45-67-53(12)38-36-46-78(67,13)14)83-76(54)77-55(40-32-28-26-16-2)48-57(84-77)42-34-35-43-66-74-64(23-9)62(21-7)72(81-74)50-70-60(19-5)58(17-3)68(79-70)49-69-59(18-4)61(20-6)71(80-69)51-73-63(22-8)65(24-10)75(66)82-73/h37,44-45,47-51,79-80H,15-28,31-32,36,38-40,46H2,1-14H3/b45-44+,52-37+,68-49?,69-49?,70-50?,71-51?,72-50?,73-51?,74-66?,75-66?. The molecule has 2 N–H and O–H groups in total. The molecule has 0 amide bonds. The summed E-state index contributed by atoms with van der Waals surface area (Å²) < 4.78 is 0. The van der Waals surface area contributed by atoms with Gasteiger partial charge in [-0.1, -0.05) is 145 Å². The number of H-pyrrole nitrogens is 2. The highest BCUT2D eigenvalue weighted by molar-refractivity contribution is 7.23. The van der Waals surface area contributed by atoms with Crippen LogP contribution in [0.15, 0.2) is 65.3 Å². The number of hydrogen-bond donors (Lipinski definition) is 2. The molecule has 438 valence electrons. The van der Waals surface area contributed by atoms with Crippen LogP contribution in [0.5, 0.6) is 0 Å². The van der Waals surface area contributed by atoms with Crippen molar-refractivity contribution in [3.63, 3.8) is 0 Å². The van der Waals surface area contributed by atoms with Crippen LogP contribution in [0, 0.1) is 52.8 Å². The zero-order valence-corrected chi connectivity index (χ0v) is 55.3. The molecule has 6 heteroatoms. The molecule has 0 radical (unpaired) electrons. The summed E-state index contributed by atoms with van der Waals surface area (Å²) in [4.78, 5) is 24.0. The summed E-state index contributed by atoms with van der Waals surface area (Å²) in [6, 6.07) is 11.7. The topological polar surface area (TPSA) is 57.4 Å². The molecule has 7 heterocycles. The number of hydrogen-bond acceptors (Lipinski definition) is 4. The van der Waals surface area contributed by atoms with E-state index in [-0.39, 0.29) is 5.41 Å². The quantitative estimate of drug-likeness (QED) is 0.0437. The Morgan fingerprint density at radius 3 is 1.44 bits per heavy atom. The third kappa shape index (κ3) is 14.4. The van der Waals surface area contributed by atoms with Crippen molar-refractivity contribution >= 4 is 67.0 Å². The number of aromatic amines is 2. The zero-order chi connectivity index (χ0) is 59.9. The molecular weight excluding hydrogens is 1060 g/mol. The summed E-state index contributed by atoms with van der Waals surface area (Å²) in [5.74, 6) is 27.3. The van der Waals surface area contributed by atoms with Crippen LogP contribution >= 0.6 is 22.7 Å². The smallest absolute Gasteiger partial charge is 0.0851 e. The van der Waals surface area contributed by atoms with Crippen molar-refractivity contribution in [2.75, 3.05) is 0 Å². The highest BCUT2D eigenvalue weighted by Gasteiger charge is 2.28. The predicted octanol–water partition coefficient (Wildman–Crippen LogP) is 21.8. The molecule has 5 aromatic heterocycles. The van der Waals surface area contributed by atoms with Crippen molar-refractivity contribution in [1.82, 2.24) is 19.9 Å². The number of fused-ring (bicyclic) bond motifs is 8. The molecule has 2 aliphatic heterocycles. The summed E-state index contributed by atoms with van der Waals surface area (Å²) in [6.07, 6.45) is 29.2. The molecule has 0 atom stereocenters. The first kappa shape index (κ1) is 63.5. The molecule has 8 rings (SSSR count). The van der Waals surface area contributed by atoms with Gasteiger partial charge in [-0.05, 0) is 260 Å². The summed E-state index contributed by atoms with van der Waals surface area (Å²) >= 11 is 3.65. The molecule has 8 bridgehead atoms. The Labute approximate surface area is 514 Å². The molecule has 1 aliphatic carbocycles. The number of unbranched alkanes of at least 4 members (excludes halogenated alkanes) is 6. The van der Waals surface area contributed by atoms with Gasteiger partial charge in [0.05, 0.1) is 38.1 Å². The molecule has 0 spiro atoms. The lowest BCUT2D eigenvalue weighted by Gasteiger charge is -2.32. The maximum Gasteiger partial charge on any atom is 0.0851 e. The van der Waals surface area contributed by atoms with Gasteiger partial charge in [-0.2, -0.15) is 0 Å². The number of thiophene rings is 2. The molecule has 0 fully saturated rings. The van der Waals surface area contributed by atoms with Gasteiger partial charge >= 0.3 is 0 Å². The van der Waals surface area contributed by atoms with E-state index in [2.05, 4.69) is 197 Å². The van der Waals surface area contributed by atoms with E-state index in [0.717, 1.165) is 125 Å². The van der Waals surface area contributed by atoms with Gasteiger partial charge < -0.3 is 9.97 Å². The van der Waals surface area contributed by atoms with E-state index in [1.54, 1.807) is 0 Å². The predicted molar refractivity (Wildman–Crippen MR) is 368 cm³/mol. The molecule has 0 saturated heterocycles. The van der Waals surface area contributed by atoms with Gasteiger partial charge in [0.15, 0.2) is 0 Å². The van der Waals surface area contributed by atoms with Crippen LogP contribution in [0.2, 0.25) is 0 Å². The lowest BCUT2D eigenvalue weighted by Crippen LogP contribution is -2.19. The maximum atomic E-state index is 5.64. The van der Waals surface area contributed by atoms with Crippen LogP contribution in [-0.4, -0.2) is 19.9 Å². The molecule has 84 heavy (non-hydrogen) atoms. The lowest BCUT2D eigenvalue weighted by molar-refractivity contribution is 0.377. The Bertz CT molecular complexity index is 3720. The summed E-state index contributed by atoms with van der Waals surface area (Å²) in [7, 11) is 0. The highest BCUT2D eigenvalue weighted by Crippen LogP contribution is 2.44. The number of aromatic nitrogens is 4. The number of nitrogens with one attached hydrogen (secondary N) is 2. The number of aryl methyl sites for hydroxylation is 6. The highest BCUT2D eigenvalue weighted by atomic mass is 32.1. The minimum absolute atomic E-state index is 0.218. The van der Waals surface area contributed by atoms with Gasteiger partial charge in [0.2, 0.25) is 0 Å². The largest absolute Gasteiger partial charge is 0.355 e. The molecular formula is C78H94N4S2. The van der Waals surface area contributed by atoms with E-state index < -0.39 is 0 Å². The first-order chi connectivity index (χ1) is 40.8. The third-order valence-corrected chi connectivity index (χ3v) is 20.0. The Balaban J connectivity index is 1.26. The zero-order valence-electron chi connectivity index (χ0n) is 53.7. The minimum atomic E-state index is 0.218. The third-order valence-electron chi connectivity index (χ3n) is 17.6. The van der Waals surface area contributed by atoms with Crippen LogP contribution in [0.25, 0.3) is 54.1 Å². The van der Waals surface area contributed by atoms with Gasteiger partial charge in [0.25, 0.3) is 0 Å². The molecule has 0 aromatic carbocycles. The van der Waals surface area contributed by atoms with Crippen LogP contribution in [0.4, 0.5) is 0 Å². The van der Waals surface area contributed by atoms with E-state index in [1.165, 1.54) is 152 Å². The fourth-order valence-corrected chi connectivity index (χ4v) is 15.6. The van der Waals surface area contributed by atoms with E-state index in [1.807, 2.05) is 28.7 Å². The van der Waals surface area contributed by atoms with Gasteiger partial charge in [-0.25, -0.2) is 9.97 Å². The molecule has 4 nitrogen and oxygen atoms in total. The fourth-order valence-electron chi connectivity index (χ4n) is 13.3. The van der Waals surface area contributed by atoms with Gasteiger partial charge in [-0.15, -0.1) is 22.7 Å². The fraction of sp³-hybridized carbons (Fsp3) is 0.462. The molecule has 3 aliphatic rings. The van der Waals surface area contributed by atoms with Crippen LogP contribution in [0.3, 0.4) is 0 Å². The molecule has 0 saturated carbocycles. The second-order valence-corrected chi connectivity index (χ2v) is 25.9. The van der Waals surface area contributed by atoms with Gasteiger partial charge in [-0.3, -0.25) is 0 Å². The van der Waals surface area contributed by atoms with Crippen molar-refractivity contribution in [3.05, 3.63) is 137 Å². The van der Waals surface area contributed by atoms with Gasteiger partial charge in [0, 0.05) is 31.8 Å². The van der Waals surface area contributed by atoms with Crippen LogP contribution < -0.4 is 0 Å². The maximum absolute atomic E-state index is 5.64. The number of nitrogens with zero attached hydrogens (tertiary/aromatic N) is 2. The molecule has 5 aromatic rings. The lowest BCUT2D eigenvalue weighted by atomic mass is 9.72. The normalized spacial score (nSPS) is 14.1. The van der Waals surface area contributed by atoms with E-state index in [0.29, 0.717) is 0 Å². The van der Waals surface area contributed by atoms with Crippen molar-refractivity contribution in [3.8, 4) is 57.1 Å².